The first-order valence-electron chi connectivity index (χ1n) is 26.1. The van der Waals surface area contributed by atoms with E-state index in [9.17, 15) is 0 Å². The maximum Gasteiger partial charge on any atom is 0.0716 e. The van der Waals surface area contributed by atoms with Crippen LogP contribution >= 0.6 is 0 Å². The molecule has 9 aromatic carbocycles. The van der Waals surface area contributed by atoms with Crippen LogP contribution in [0.15, 0.2) is 230 Å². The first-order valence-corrected chi connectivity index (χ1v) is 26.1. The zero-order valence-electron chi connectivity index (χ0n) is 42.7. The maximum atomic E-state index is 2.45. The molecular weight excluding hydrogens is 855 g/mol. The molecule has 1 nitrogen and oxygen atoms in total. The van der Waals surface area contributed by atoms with Gasteiger partial charge in [0.15, 0.2) is 0 Å². The number of fused-ring (bicyclic) bond motifs is 9. The van der Waals surface area contributed by atoms with Gasteiger partial charge in [0.05, 0.1) is 5.41 Å². The number of rotatable bonds is 8. The zero-order valence-corrected chi connectivity index (χ0v) is 42.7. The lowest BCUT2D eigenvalue weighted by Crippen LogP contribution is -2.37. The lowest BCUT2D eigenvalue weighted by atomic mass is 9.56. The van der Waals surface area contributed by atoms with Crippen molar-refractivity contribution in [3.8, 4) is 33.4 Å². The van der Waals surface area contributed by atoms with Gasteiger partial charge in [0, 0.05) is 28.9 Å². The molecule has 1 heteroatoms. The fraction of sp³-hybridized carbons (Fsp3) is 0.171. The first kappa shape index (κ1) is 47.0. The molecule has 0 aromatic heterocycles. The Labute approximate surface area is 423 Å². The van der Waals surface area contributed by atoms with Gasteiger partial charge in [0.2, 0.25) is 0 Å². The van der Waals surface area contributed by atoms with Gasteiger partial charge in [-0.1, -0.05) is 230 Å². The van der Waals surface area contributed by atoms with Gasteiger partial charge in [-0.05, 0) is 157 Å². The number of benzene rings is 9. The van der Waals surface area contributed by atoms with Crippen LogP contribution in [0.4, 0.5) is 17.1 Å². The van der Waals surface area contributed by atoms with Crippen LogP contribution in [0.3, 0.4) is 0 Å². The number of hydrogen-bond acceptors (Lipinski definition) is 1. The molecule has 3 aliphatic rings. The molecule has 3 unspecified atom stereocenters. The second-order valence-corrected chi connectivity index (χ2v) is 18.5. The molecular formula is C70H65N. The van der Waals surface area contributed by atoms with Crippen molar-refractivity contribution in [3.63, 3.8) is 0 Å². The normalized spacial score (nSPS) is 16.7. The van der Waals surface area contributed by atoms with E-state index in [0.29, 0.717) is 5.92 Å². The SMILES string of the molecule is C/C=C\C1=C(CC)c2ccccc2C12c1ccccc1C(c1ccccc1-c1ccccc1C)c1c(-c3ccc(N(c4ccccc4)c4ccc5c(c4)C(C)c4ccccc4-5)cc3)cccc12.CC.CC. The molecule has 0 saturated heterocycles. The number of hydrogen-bond donors (Lipinski definition) is 0. The molecule has 350 valence electrons. The highest BCUT2D eigenvalue weighted by Gasteiger charge is 2.52. The van der Waals surface area contributed by atoms with Crippen LogP contribution in [-0.4, -0.2) is 0 Å². The third-order valence-corrected chi connectivity index (χ3v) is 15.2. The molecule has 0 saturated carbocycles. The Morgan fingerprint density at radius 3 is 1.66 bits per heavy atom. The van der Waals surface area contributed by atoms with Gasteiger partial charge in [-0.3, -0.25) is 0 Å². The van der Waals surface area contributed by atoms with Crippen LogP contribution in [0.2, 0.25) is 0 Å². The van der Waals surface area contributed by atoms with E-state index in [4.69, 9.17) is 0 Å². The minimum atomic E-state index is -0.501. The number of aryl methyl sites for hydroxylation is 1. The summed E-state index contributed by atoms with van der Waals surface area (Å²) in [7, 11) is 0. The van der Waals surface area contributed by atoms with Crippen LogP contribution < -0.4 is 4.90 Å². The molecule has 12 rings (SSSR count). The van der Waals surface area contributed by atoms with Gasteiger partial charge < -0.3 is 4.90 Å². The van der Waals surface area contributed by atoms with Gasteiger partial charge in [-0.15, -0.1) is 0 Å². The summed E-state index contributed by atoms with van der Waals surface area (Å²) in [4.78, 5) is 2.42. The lowest BCUT2D eigenvalue weighted by molar-refractivity contribution is 0.693. The molecule has 0 radical (unpaired) electrons. The van der Waals surface area contributed by atoms with Crippen molar-refractivity contribution in [2.75, 3.05) is 4.90 Å². The highest BCUT2D eigenvalue weighted by Crippen LogP contribution is 2.63. The van der Waals surface area contributed by atoms with Crippen LogP contribution in [0, 0.1) is 6.92 Å². The molecule has 0 N–H and O–H groups in total. The Hall–Kier alpha value is -7.74. The minimum absolute atomic E-state index is 0.0356. The van der Waals surface area contributed by atoms with E-state index < -0.39 is 5.41 Å². The summed E-state index contributed by atoms with van der Waals surface area (Å²) in [5.74, 6) is 0.294. The smallest absolute Gasteiger partial charge is 0.0716 e. The Morgan fingerprint density at radius 2 is 0.972 bits per heavy atom. The fourth-order valence-electron chi connectivity index (χ4n) is 12.4. The van der Waals surface area contributed by atoms with Crippen LogP contribution in [-0.2, 0) is 5.41 Å². The van der Waals surface area contributed by atoms with Gasteiger partial charge in [-0.2, -0.15) is 0 Å². The van der Waals surface area contributed by atoms with Crippen molar-refractivity contribution in [3.05, 3.63) is 286 Å². The predicted octanol–water partition coefficient (Wildman–Crippen LogP) is 19.6. The molecule has 0 amide bonds. The quantitative estimate of drug-likeness (QED) is 0.147. The van der Waals surface area contributed by atoms with Crippen molar-refractivity contribution in [2.24, 2.45) is 0 Å². The third-order valence-electron chi connectivity index (χ3n) is 15.2. The average Bonchev–Trinajstić information content (AvgIpc) is 3.89. The molecule has 3 atom stereocenters. The van der Waals surface area contributed by atoms with Gasteiger partial charge >= 0.3 is 0 Å². The van der Waals surface area contributed by atoms with E-state index in [1.807, 2.05) is 27.7 Å². The highest BCUT2D eigenvalue weighted by molar-refractivity contribution is 5.92. The summed E-state index contributed by atoms with van der Waals surface area (Å²) in [6.45, 7) is 17.1. The van der Waals surface area contributed by atoms with E-state index in [2.05, 4.69) is 257 Å². The molecule has 71 heavy (non-hydrogen) atoms. The number of allylic oxidation sites excluding steroid dienone is 4. The van der Waals surface area contributed by atoms with Gasteiger partial charge in [0.25, 0.3) is 0 Å². The fourth-order valence-corrected chi connectivity index (χ4v) is 12.4. The van der Waals surface area contributed by atoms with E-state index in [0.717, 1.165) is 23.5 Å². The van der Waals surface area contributed by atoms with Crippen LogP contribution in [0.1, 0.15) is 122 Å². The summed E-state index contributed by atoms with van der Waals surface area (Å²) < 4.78 is 0. The zero-order chi connectivity index (χ0) is 49.2. The summed E-state index contributed by atoms with van der Waals surface area (Å²) >= 11 is 0. The van der Waals surface area contributed by atoms with Crippen LogP contribution in [0.25, 0.3) is 39.0 Å². The Kier molecular flexibility index (Phi) is 13.2. The Bertz CT molecular complexity index is 3440. The molecule has 1 spiro atoms. The third kappa shape index (κ3) is 7.53. The second-order valence-electron chi connectivity index (χ2n) is 18.5. The Balaban J connectivity index is 0.00000142. The second kappa shape index (κ2) is 19.9. The minimum Gasteiger partial charge on any atom is -0.310 e. The molecule has 3 aliphatic carbocycles. The predicted molar refractivity (Wildman–Crippen MR) is 305 cm³/mol. The van der Waals surface area contributed by atoms with E-state index >= 15 is 0 Å². The maximum absolute atomic E-state index is 2.45. The first-order chi connectivity index (χ1) is 35.0. The molecule has 0 heterocycles. The van der Waals surface area contributed by atoms with Gasteiger partial charge in [-0.25, -0.2) is 0 Å². The number of nitrogens with zero attached hydrogens (tertiary/aromatic N) is 1. The average molecular weight is 920 g/mol. The molecule has 0 bridgehead atoms. The van der Waals surface area contributed by atoms with Crippen molar-refractivity contribution in [2.45, 2.75) is 79.1 Å². The molecule has 0 aliphatic heterocycles. The van der Waals surface area contributed by atoms with Crippen molar-refractivity contribution >= 4 is 22.6 Å². The largest absolute Gasteiger partial charge is 0.310 e. The topological polar surface area (TPSA) is 3.24 Å². The Morgan fingerprint density at radius 1 is 0.451 bits per heavy atom. The summed E-state index contributed by atoms with van der Waals surface area (Å²) in [6.07, 6.45) is 5.62. The van der Waals surface area contributed by atoms with E-state index in [1.165, 1.54) is 100 Å². The van der Waals surface area contributed by atoms with E-state index in [1.54, 1.807) is 0 Å². The standard InChI is InChI=1S/C66H53N.2C2H6/c1-5-21-60-49(6-2)56-29-16-18-33-61(56)66(60)62-34-19-17-31-58(62)64(57-30-15-14-27-53(57)50-25-11-10-22-43(50)3)65-52(32-20-35-63(65)66)45-36-38-47(39-37-45)67(46-23-8-7-9-24-46)48-40-41-55-54-28-13-12-26-51(54)44(4)59(55)42-48;2*1-2/h5,7-42,44,64H,6H2,1-4H3;2*1-2H3/b21-5-;;. The van der Waals surface area contributed by atoms with Gasteiger partial charge in [0.1, 0.15) is 0 Å². The van der Waals surface area contributed by atoms with Crippen molar-refractivity contribution in [1.29, 1.82) is 0 Å². The van der Waals surface area contributed by atoms with Crippen molar-refractivity contribution in [1.82, 2.24) is 0 Å². The summed E-state index contributed by atoms with van der Waals surface area (Å²) in [6, 6.07) is 80.0. The number of anilines is 3. The number of para-hydroxylation sites is 1. The lowest BCUT2D eigenvalue weighted by Gasteiger charge is -2.45. The highest BCUT2D eigenvalue weighted by atomic mass is 15.1. The van der Waals surface area contributed by atoms with E-state index in [-0.39, 0.29) is 5.92 Å². The summed E-state index contributed by atoms with van der Waals surface area (Å²) in [5, 5.41) is 0. The summed E-state index contributed by atoms with van der Waals surface area (Å²) in [5.41, 5.74) is 27.0. The monoisotopic (exact) mass is 920 g/mol. The molecule has 9 aromatic rings. The van der Waals surface area contributed by atoms with Crippen LogP contribution in [0.5, 0.6) is 0 Å². The molecule has 0 fully saturated rings. The van der Waals surface area contributed by atoms with Crippen molar-refractivity contribution < 1.29 is 0 Å².